The van der Waals surface area contributed by atoms with E-state index >= 15 is 0 Å². The molecule has 3 atom stereocenters. The molecule has 2 fully saturated rings. The summed E-state index contributed by atoms with van der Waals surface area (Å²) in [7, 11) is 4.67. The maximum absolute atomic E-state index is 13.6. The zero-order valence-electron chi connectivity index (χ0n) is 34.6. The summed E-state index contributed by atoms with van der Waals surface area (Å²) in [4.78, 5) is 73.6. The molecule has 0 amide bonds. The van der Waals surface area contributed by atoms with E-state index in [-0.39, 0.29) is 48.5 Å². The van der Waals surface area contributed by atoms with Gasteiger partial charge in [-0.25, -0.2) is 23.7 Å². The van der Waals surface area contributed by atoms with Crippen LogP contribution in [0.4, 0.5) is 8.78 Å². The second kappa shape index (κ2) is 20.9. The van der Waals surface area contributed by atoms with Gasteiger partial charge in [0.05, 0.1) is 85.7 Å². The van der Waals surface area contributed by atoms with Gasteiger partial charge in [-0.05, 0) is 42.8 Å². The molecule has 8 rings (SSSR count). The number of alkyl halides is 2. The van der Waals surface area contributed by atoms with Gasteiger partial charge >= 0.3 is 0 Å². The molecule has 5 heterocycles. The Bertz CT molecular complexity index is 2710. The first-order valence-corrected chi connectivity index (χ1v) is 19.9. The number of aldehydes is 1. The van der Waals surface area contributed by atoms with Gasteiger partial charge in [0.2, 0.25) is 0 Å². The number of carbonyl (C=O) groups is 2. The van der Waals surface area contributed by atoms with Crippen molar-refractivity contribution in [3.8, 4) is 17.2 Å². The Labute approximate surface area is 353 Å². The molecular weight excluding hydrogens is 811 g/mol. The first kappa shape index (κ1) is 45.1. The Kier molecular flexibility index (Phi) is 15.2. The van der Waals surface area contributed by atoms with E-state index in [4.69, 9.17) is 14.2 Å². The van der Waals surface area contributed by atoms with E-state index < -0.39 is 18.4 Å². The first-order valence-electron chi connectivity index (χ1n) is 19.9. The van der Waals surface area contributed by atoms with Crippen LogP contribution in [-0.2, 0) is 29.2 Å². The molecule has 1 N–H and O–H groups in total. The summed E-state index contributed by atoms with van der Waals surface area (Å²) in [5.41, 5.74) is 3.34. The standard InChI is InChI=1S/C16H20FN3O3.C16H18FN3O3.C11H10N2O3/c2*1-23-11-2-3-13-14(8-11)20(16(22)9-18-13)7-6-19-5-4-15(21)12(17)10-19;1-16-8-2-3-9-10(6-8)13(4-5-14)11(15)7-12-9/h2-3,8-9,12,15,21H,4-7,10H2,1H3;2-3,8-9,12H,4-7,10H2,1H3;2-3,5-7H,4H2,1H3. The van der Waals surface area contributed by atoms with Crippen LogP contribution in [0.5, 0.6) is 17.2 Å². The number of Topliss-reactive ketones (excluding diaryl/α,β-unsaturated/α-hetero) is 1. The number of aliphatic hydroxyl groups excluding tert-OH is 1. The van der Waals surface area contributed by atoms with Gasteiger partial charge in [0.25, 0.3) is 16.7 Å². The van der Waals surface area contributed by atoms with E-state index in [9.17, 15) is 37.9 Å². The number of nitrogens with zero attached hydrogens (tertiary/aromatic N) is 8. The summed E-state index contributed by atoms with van der Waals surface area (Å²) in [5.74, 6) is 1.59. The van der Waals surface area contributed by atoms with Crippen LogP contribution in [0.25, 0.3) is 33.1 Å². The molecule has 0 radical (unpaired) electrons. The van der Waals surface area contributed by atoms with E-state index in [1.165, 1.54) is 23.2 Å². The molecule has 328 valence electrons. The average molecular weight is 859 g/mol. The number of likely N-dealkylation sites (tertiary alicyclic amines) is 2. The third-order valence-electron chi connectivity index (χ3n) is 10.7. The van der Waals surface area contributed by atoms with Gasteiger partial charge in [-0.1, -0.05) is 0 Å². The number of benzene rings is 3. The quantitative estimate of drug-likeness (QED) is 0.187. The molecule has 3 aromatic heterocycles. The largest absolute Gasteiger partial charge is 0.497 e. The second-order valence-electron chi connectivity index (χ2n) is 14.6. The highest BCUT2D eigenvalue weighted by molar-refractivity contribution is 5.84. The fourth-order valence-corrected chi connectivity index (χ4v) is 7.22. The maximum Gasteiger partial charge on any atom is 0.269 e. The van der Waals surface area contributed by atoms with Crippen molar-refractivity contribution in [2.75, 3.05) is 60.6 Å². The van der Waals surface area contributed by atoms with E-state index in [0.717, 1.165) is 0 Å². The Balaban J connectivity index is 0.000000158. The number of hydrogen-bond acceptors (Lipinski definition) is 14. The lowest BCUT2D eigenvalue weighted by Crippen LogP contribution is -2.45. The van der Waals surface area contributed by atoms with E-state index in [2.05, 4.69) is 15.0 Å². The predicted molar refractivity (Wildman–Crippen MR) is 227 cm³/mol. The maximum atomic E-state index is 13.6. The number of aromatic nitrogens is 6. The van der Waals surface area contributed by atoms with Gasteiger partial charge in [-0.15, -0.1) is 0 Å². The molecule has 62 heavy (non-hydrogen) atoms. The Morgan fingerprint density at radius 2 is 1.08 bits per heavy atom. The molecule has 17 nitrogen and oxygen atoms in total. The number of hydrogen-bond donors (Lipinski definition) is 1. The van der Waals surface area contributed by atoms with Gasteiger partial charge < -0.3 is 33.2 Å². The fraction of sp³-hybridized carbons (Fsp3) is 0.395. The van der Waals surface area contributed by atoms with Crippen LogP contribution in [-0.4, -0.2) is 135 Å². The van der Waals surface area contributed by atoms with Crippen molar-refractivity contribution in [2.24, 2.45) is 0 Å². The summed E-state index contributed by atoms with van der Waals surface area (Å²) >= 11 is 0. The smallest absolute Gasteiger partial charge is 0.269 e. The van der Waals surface area contributed by atoms with E-state index in [0.29, 0.717) is 102 Å². The first-order chi connectivity index (χ1) is 29.9. The van der Waals surface area contributed by atoms with Crippen molar-refractivity contribution in [1.29, 1.82) is 0 Å². The SMILES string of the molecule is COc1ccc2ncc(=O)n(CC=O)c2c1.COc1ccc2ncc(=O)n(CCN3CCC(=O)C(F)C3)c2c1.COc1ccc2ncc(=O)n(CCN3CCC(O)C(F)C3)c2c1. The van der Waals surface area contributed by atoms with Crippen LogP contribution in [0.3, 0.4) is 0 Å². The molecule has 6 aromatic rings. The monoisotopic (exact) mass is 858 g/mol. The lowest BCUT2D eigenvalue weighted by molar-refractivity contribution is -0.127. The van der Waals surface area contributed by atoms with Gasteiger partial charge in [-0.2, -0.15) is 0 Å². The summed E-state index contributed by atoms with van der Waals surface area (Å²) in [6.07, 6.45) is 1.59. The molecule has 3 aromatic carbocycles. The lowest BCUT2D eigenvalue weighted by atomic mass is 10.1. The van der Waals surface area contributed by atoms with Crippen LogP contribution >= 0.6 is 0 Å². The number of piperidine rings is 2. The highest BCUT2D eigenvalue weighted by atomic mass is 19.1. The minimum atomic E-state index is -1.42. The zero-order chi connectivity index (χ0) is 44.3. The Hall–Kier alpha value is -6.44. The molecule has 0 bridgehead atoms. The molecule has 3 unspecified atom stereocenters. The van der Waals surface area contributed by atoms with Crippen LogP contribution in [0, 0.1) is 0 Å². The number of ether oxygens (including phenoxy) is 3. The number of rotatable bonds is 11. The zero-order valence-corrected chi connectivity index (χ0v) is 34.6. The third kappa shape index (κ3) is 10.9. The van der Waals surface area contributed by atoms with Crippen molar-refractivity contribution < 1.29 is 37.7 Å². The van der Waals surface area contributed by atoms with Crippen LogP contribution in [0.2, 0.25) is 0 Å². The second-order valence-corrected chi connectivity index (χ2v) is 14.6. The minimum Gasteiger partial charge on any atom is -0.497 e. The fourth-order valence-electron chi connectivity index (χ4n) is 7.22. The predicted octanol–water partition coefficient (Wildman–Crippen LogP) is 2.43. The van der Waals surface area contributed by atoms with E-state index in [1.54, 1.807) is 85.1 Å². The number of methoxy groups -OCH3 is 3. The van der Waals surface area contributed by atoms with E-state index in [1.807, 2.05) is 9.80 Å². The summed E-state index contributed by atoms with van der Waals surface area (Å²) in [6, 6.07) is 15.9. The molecule has 2 aliphatic heterocycles. The molecule has 0 spiro atoms. The van der Waals surface area contributed by atoms with Crippen LogP contribution in [0.1, 0.15) is 12.8 Å². The third-order valence-corrected chi connectivity index (χ3v) is 10.7. The summed E-state index contributed by atoms with van der Waals surface area (Å²) in [6.45, 7) is 3.36. The molecule has 19 heteroatoms. The van der Waals surface area contributed by atoms with Gasteiger partial charge in [0.15, 0.2) is 12.0 Å². The number of ketones is 1. The van der Waals surface area contributed by atoms with Crippen molar-refractivity contribution >= 4 is 45.2 Å². The lowest BCUT2D eigenvalue weighted by Gasteiger charge is -2.32. The average Bonchev–Trinajstić information content (AvgIpc) is 3.28. The highest BCUT2D eigenvalue weighted by Crippen LogP contribution is 2.21. The highest BCUT2D eigenvalue weighted by Gasteiger charge is 2.28. The number of carbonyl (C=O) groups excluding carboxylic acids is 2. The summed E-state index contributed by atoms with van der Waals surface area (Å²) in [5, 5.41) is 9.44. The molecule has 2 saturated heterocycles. The topological polar surface area (TPSA) is 193 Å². The van der Waals surface area contributed by atoms with Gasteiger partial charge in [0, 0.05) is 77.0 Å². The summed E-state index contributed by atoms with van der Waals surface area (Å²) < 4.78 is 47.2. The number of aliphatic hydroxyl groups is 1. The number of halogens is 2. The molecule has 0 aliphatic carbocycles. The van der Waals surface area contributed by atoms with Crippen LogP contribution in [0.15, 0.2) is 87.6 Å². The molecular formula is C43H48F2N8O9. The van der Waals surface area contributed by atoms with Crippen molar-refractivity contribution in [3.63, 3.8) is 0 Å². The van der Waals surface area contributed by atoms with Crippen LogP contribution < -0.4 is 30.9 Å². The van der Waals surface area contributed by atoms with Gasteiger partial charge in [-0.3, -0.25) is 33.5 Å². The Morgan fingerprint density at radius 3 is 1.50 bits per heavy atom. The Morgan fingerprint density at radius 1 is 0.645 bits per heavy atom. The molecule has 0 saturated carbocycles. The molecule has 2 aliphatic rings. The van der Waals surface area contributed by atoms with Crippen molar-refractivity contribution in [2.45, 2.75) is 50.9 Å². The van der Waals surface area contributed by atoms with Crippen molar-refractivity contribution in [1.82, 2.24) is 38.5 Å². The van der Waals surface area contributed by atoms with Gasteiger partial charge in [0.1, 0.15) is 29.7 Å². The minimum absolute atomic E-state index is 0.0189. The number of fused-ring (bicyclic) bond motifs is 3. The van der Waals surface area contributed by atoms with Crippen molar-refractivity contribution in [3.05, 3.63) is 104 Å². The normalized spacial score (nSPS) is 18.1.